The van der Waals surface area contributed by atoms with Crippen molar-refractivity contribution in [1.82, 2.24) is 0 Å². The van der Waals surface area contributed by atoms with Crippen molar-refractivity contribution >= 4 is 27.4 Å². The first-order chi connectivity index (χ1) is 7.34. The van der Waals surface area contributed by atoms with E-state index in [-0.39, 0.29) is 4.90 Å². The Balaban J connectivity index is 3.02. The van der Waals surface area contributed by atoms with E-state index in [1.807, 2.05) is 0 Å². The zero-order valence-electron chi connectivity index (χ0n) is 8.81. The zero-order chi connectivity index (χ0) is 12.3. The number of carbonyl (C=O) groups excluding carboxylic acids is 1. The maximum absolute atomic E-state index is 11.9. The smallest absolute Gasteiger partial charge is 0.303 e. The summed E-state index contributed by atoms with van der Waals surface area (Å²) in [5.74, 6) is -0.634. The van der Waals surface area contributed by atoms with Crippen molar-refractivity contribution in [3.05, 3.63) is 29.3 Å². The predicted molar refractivity (Wildman–Crippen MR) is 59.9 cm³/mol. The number of esters is 1. The molecule has 88 valence electrons. The van der Waals surface area contributed by atoms with Gasteiger partial charge in [-0.15, -0.1) is 0 Å². The molecule has 0 aromatic heterocycles. The van der Waals surface area contributed by atoms with Crippen LogP contribution in [-0.2, 0) is 19.4 Å². The molecule has 1 rings (SSSR count). The molecule has 0 fully saturated rings. The van der Waals surface area contributed by atoms with Crippen LogP contribution in [0.5, 0.6) is 0 Å². The molecular formula is C10H11ClO4S. The third-order valence-electron chi connectivity index (χ3n) is 1.91. The highest BCUT2D eigenvalue weighted by molar-refractivity contribution is 7.91. The maximum atomic E-state index is 11.9. The number of ether oxygens (including phenoxy) is 1. The van der Waals surface area contributed by atoms with E-state index in [1.54, 1.807) is 0 Å². The molecule has 0 unspecified atom stereocenters. The molecule has 0 amide bonds. The monoisotopic (exact) mass is 262 g/mol. The van der Waals surface area contributed by atoms with Crippen LogP contribution in [0, 0.1) is 0 Å². The van der Waals surface area contributed by atoms with Crippen LogP contribution in [0.15, 0.2) is 29.2 Å². The van der Waals surface area contributed by atoms with E-state index in [9.17, 15) is 13.2 Å². The van der Waals surface area contributed by atoms with E-state index in [0.29, 0.717) is 5.02 Å². The lowest BCUT2D eigenvalue weighted by Crippen LogP contribution is -2.23. The summed E-state index contributed by atoms with van der Waals surface area (Å²) in [5, 5.41) is 0.444. The fraction of sp³-hybridized carbons (Fsp3) is 0.300. The lowest BCUT2D eigenvalue weighted by molar-refractivity contribution is -0.142. The van der Waals surface area contributed by atoms with Crippen LogP contribution in [-0.4, -0.2) is 19.8 Å². The average molecular weight is 263 g/mol. The average Bonchev–Trinajstić information content (AvgIpc) is 2.17. The highest BCUT2D eigenvalue weighted by Crippen LogP contribution is 2.19. The summed E-state index contributed by atoms with van der Waals surface area (Å²) in [5.41, 5.74) is -1.20. The normalized spacial score (nSPS) is 13.2. The Hall–Kier alpha value is -1.07. The minimum absolute atomic E-state index is 0.0747. The van der Waals surface area contributed by atoms with Crippen LogP contribution in [0.3, 0.4) is 0 Å². The van der Waals surface area contributed by atoms with Gasteiger partial charge in [-0.1, -0.05) is 11.6 Å². The van der Waals surface area contributed by atoms with Gasteiger partial charge < -0.3 is 4.74 Å². The highest BCUT2D eigenvalue weighted by Gasteiger charge is 2.25. The number of hydrogen-bond acceptors (Lipinski definition) is 4. The van der Waals surface area contributed by atoms with Gasteiger partial charge in [0.2, 0.25) is 15.3 Å². The Morgan fingerprint density at radius 3 is 2.25 bits per heavy atom. The van der Waals surface area contributed by atoms with Crippen LogP contribution in [0.2, 0.25) is 5.02 Å². The zero-order valence-corrected chi connectivity index (χ0v) is 10.4. The first-order valence-corrected chi connectivity index (χ1v) is 6.43. The third-order valence-corrected chi connectivity index (χ3v) is 4.06. The Kier molecular flexibility index (Phi) is 3.93. The Labute approximate surface area is 99.1 Å². The van der Waals surface area contributed by atoms with Crippen molar-refractivity contribution in [2.24, 2.45) is 0 Å². The molecular weight excluding hydrogens is 252 g/mol. The fourth-order valence-corrected chi connectivity index (χ4v) is 2.40. The summed E-state index contributed by atoms with van der Waals surface area (Å²) < 4.78 is 28.4. The molecule has 6 heteroatoms. The number of hydrogen-bond donors (Lipinski definition) is 0. The van der Waals surface area contributed by atoms with Gasteiger partial charge in [0.15, 0.2) is 0 Å². The molecule has 16 heavy (non-hydrogen) atoms. The van der Waals surface area contributed by atoms with Gasteiger partial charge in [-0.2, -0.15) is 0 Å². The maximum Gasteiger partial charge on any atom is 0.303 e. The molecule has 0 aliphatic rings. The molecule has 0 saturated heterocycles. The van der Waals surface area contributed by atoms with E-state index in [4.69, 9.17) is 11.6 Å². The minimum Gasteiger partial charge on any atom is -0.446 e. The fourth-order valence-electron chi connectivity index (χ4n) is 1.11. The van der Waals surface area contributed by atoms with E-state index in [1.165, 1.54) is 31.2 Å². The molecule has 0 bridgehead atoms. The summed E-state index contributed by atoms with van der Waals surface area (Å²) >= 11 is 5.65. The Morgan fingerprint density at radius 1 is 1.31 bits per heavy atom. The third kappa shape index (κ3) is 2.96. The van der Waals surface area contributed by atoms with Crippen LogP contribution in [0.1, 0.15) is 13.8 Å². The molecule has 0 heterocycles. The van der Waals surface area contributed by atoms with Gasteiger partial charge in [0.25, 0.3) is 0 Å². The van der Waals surface area contributed by atoms with E-state index < -0.39 is 21.2 Å². The van der Waals surface area contributed by atoms with Gasteiger partial charge in [-0.25, -0.2) is 8.42 Å². The van der Waals surface area contributed by atoms with Crippen molar-refractivity contribution < 1.29 is 17.9 Å². The van der Waals surface area contributed by atoms with Crippen LogP contribution < -0.4 is 0 Å². The molecule has 0 radical (unpaired) electrons. The van der Waals surface area contributed by atoms with Crippen molar-refractivity contribution in [3.63, 3.8) is 0 Å². The molecule has 1 aromatic rings. The topological polar surface area (TPSA) is 60.4 Å². The minimum atomic E-state index is -3.65. The summed E-state index contributed by atoms with van der Waals surface area (Å²) in [7, 11) is -3.65. The van der Waals surface area contributed by atoms with Crippen molar-refractivity contribution in [2.75, 3.05) is 0 Å². The first kappa shape index (κ1) is 13.0. The highest BCUT2D eigenvalue weighted by atomic mass is 35.5. The number of rotatable bonds is 3. The molecule has 0 aliphatic carbocycles. The molecule has 0 saturated carbocycles. The van der Waals surface area contributed by atoms with E-state index in [2.05, 4.69) is 4.74 Å². The molecule has 0 N–H and O–H groups in total. The van der Waals surface area contributed by atoms with Crippen molar-refractivity contribution in [2.45, 2.75) is 24.2 Å². The van der Waals surface area contributed by atoms with E-state index in [0.717, 1.165) is 6.92 Å². The second kappa shape index (κ2) is 4.84. The number of carbonyl (C=O) groups is 1. The van der Waals surface area contributed by atoms with Crippen LogP contribution in [0.4, 0.5) is 0 Å². The second-order valence-corrected chi connectivity index (χ2v) is 5.84. The van der Waals surface area contributed by atoms with E-state index >= 15 is 0 Å². The molecule has 1 aromatic carbocycles. The predicted octanol–water partition coefficient (Wildman–Crippen LogP) is 2.02. The summed E-state index contributed by atoms with van der Waals surface area (Å²) in [4.78, 5) is 10.8. The van der Waals surface area contributed by atoms with Gasteiger partial charge in [-0.05, 0) is 31.2 Å². The van der Waals surface area contributed by atoms with Gasteiger partial charge in [0.1, 0.15) is 0 Å². The summed E-state index contributed by atoms with van der Waals surface area (Å²) in [6.07, 6.45) is 0. The van der Waals surface area contributed by atoms with Gasteiger partial charge >= 0.3 is 5.97 Å². The lowest BCUT2D eigenvalue weighted by atomic mass is 10.4. The van der Waals surface area contributed by atoms with Crippen molar-refractivity contribution in [3.8, 4) is 0 Å². The second-order valence-electron chi connectivity index (χ2n) is 3.18. The van der Waals surface area contributed by atoms with Gasteiger partial charge in [0, 0.05) is 11.9 Å². The van der Waals surface area contributed by atoms with Crippen LogP contribution >= 0.6 is 11.6 Å². The number of halogens is 1. The molecule has 0 spiro atoms. The quantitative estimate of drug-likeness (QED) is 0.782. The molecule has 1 atom stereocenters. The van der Waals surface area contributed by atoms with Gasteiger partial charge in [0.05, 0.1) is 4.90 Å². The summed E-state index contributed by atoms with van der Waals surface area (Å²) in [6, 6.07) is 5.68. The largest absolute Gasteiger partial charge is 0.446 e. The first-order valence-electron chi connectivity index (χ1n) is 4.50. The number of sulfone groups is 1. The molecule has 4 nitrogen and oxygen atoms in total. The Bertz CT molecular complexity index is 478. The Morgan fingerprint density at radius 2 is 1.81 bits per heavy atom. The summed E-state index contributed by atoms with van der Waals surface area (Å²) in [6.45, 7) is 2.47. The lowest BCUT2D eigenvalue weighted by Gasteiger charge is -2.12. The SMILES string of the molecule is CC(=O)O[C@@H](C)S(=O)(=O)c1ccc(Cl)cc1. The number of benzene rings is 1. The van der Waals surface area contributed by atoms with Crippen molar-refractivity contribution in [1.29, 1.82) is 0 Å². The van der Waals surface area contributed by atoms with Gasteiger partial charge in [-0.3, -0.25) is 4.79 Å². The van der Waals surface area contributed by atoms with Crippen LogP contribution in [0.25, 0.3) is 0 Å². The molecule has 0 aliphatic heterocycles. The standard InChI is InChI=1S/C10H11ClO4S/c1-7(12)15-8(2)16(13,14)10-5-3-9(11)4-6-10/h3-6,8H,1-2H3/t8-/m1/s1.